The standard InChI is InChI=1S/C27H25ClN2O7/c1-34-19-6-5-16(11-18(19)28)24(31)22-23(17-12-20(35-2)26(37-4)21(13-17)36-3)30(27(33)25(22)32)14-15-7-9-29-10-8-15/h5-13,23,31H,14H2,1-4H3/b24-22+. The summed E-state index contributed by atoms with van der Waals surface area (Å²) in [7, 11) is 5.88. The van der Waals surface area contributed by atoms with Gasteiger partial charge < -0.3 is 29.0 Å². The Morgan fingerprint density at radius 1 is 0.919 bits per heavy atom. The van der Waals surface area contributed by atoms with Gasteiger partial charge in [-0.1, -0.05) is 11.6 Å². The van der Waals surface area contributed by atoms with E-state index in [2.05, 4.69) is 4.98 Å². The molecule has 0 radical (unpaired) electrons. The van der Waals surface area contributed by atoms with Crippen LogP contribution in [0.1, 0.15) is 22.7 Å². The summed E-state index contributed by atoms with van der Waals surface area (Å²) < 4.78 is 21.6. The molecule has 1 fully saturated rings. The Hall–Kier alpha value is -4.24. The minimum Gasteiger partial charge on any atom is -0.507 e. The Morgan fingerprint density at radius 2 is 1.54 bits per heavy atom. The van der Waals surface area contributed by atoms with Crippen LogP contribution in [-0.4, -0.2) is 55.1 Å². The number of aliphatic hydroxyl groups is 1. The lowest BCUT2D eigenvalue weighted by Gasteiger charge is -2.26. The van der Waals surface area contributed by atoms with E-state index in [1.807, 2.05) is 0 Å². The summed E-state index contributed by atoms with van der Waals surface area (Å²) >= 11 is 6.27. The number of halogens is 1. The third-order valence-corrected chi connectivity index (χ3v) is 6.37. The number of pyridine rings is 1. The Balaban J connectivity index is 1.95. The van der Waals surface area contributed by atoms with Crippen LogP contribution in [0.3, 0.4) is 0 Å². The minimum atomic E-state index is -0.970. The maximum atomic E-state index is 13.4. The smallest absolute Gasteiger partial charge is 0.295 e. The predicted molar refractivity (Wildman–Crippen MR) is 136 cm³/mol. The third-order valence-electron chi connectivity index (χ3n) is 6.07. The fraction of sp³-hybridized carbons (Fsp3) is 0.222. The number of aromatic nitrogens is 1. The zero-order valence-corrected chi connectivity index (χ0v) is 21.4. The van der Waals surface area contributed by atoms with Crippen molar-refractivity contribution in [1.82, 2.24) is 9.88 Å². The van der Waals surface area contributed by atoms with Crippen LogP contribution in [0.4, 0.5) is 0 Å². The lowest BCUT2D eigenvalue weighted by molar-refractivity contribution is -0.140. The van der Waals surface area contributed by atoms with Crippen LogP contribution in [0.25, 0.3) is 5.76 Å². The molecule has 0 bridgehead atoms. The normalized spacial score (nSPS) is 16.6. The average molecular weight is 525 g/mol. The van der Waals surface area contributed by atoms with Crippen LogP contribution in [0.2, 0.25) is 5.02 Å². The van der Waals surface area contributed by atoms with Gasteiger partial charge in [-0.3, -0.25) is 14.6 Å². The molecule has 1 atom stereocenters. The van der Waals surface area contributed by atoms with E-state index in [-0.39, 0.29) is 28.5 Å². The molecule has 0 spiro atoms. The number of rotatable bonds is 8. The van der Waals surface area contributed by atoms with Gasteiger partial charge in [-0.15, -0.1) is 0 Å². The number of ketones is 1. The van der Waals surface area contributed by atoms with E-state index >= 15 is 0 Å². The summed E-state index contributed by atoms with van der Waals surface area (Å²) in [6, 6.07) is 10.4. The molecule has 37 heavy (non-hydrogen) atoms. The molecule has 4 rings (SSSR count). The van der Waals surface area contributed by atoms with Crippen molar-refractivity contribution in [2.45, 2.75) is 12.6 Å². The highest BCUT2D eigenvalue weighted by Crippen LogP contribution is 2.46. The van der Waals surface area contributed by atoms with E-state index in [0.717, 1.165) is 5.56 Å². The Bertz CT molecular complexity index is 1350. The molecular weight excluding hydrogens is 500 g/mol. The highest BCUT2D eigenvalue weighted by atomic mass is 35.5. The highest BCUT2D eigenvalue weighted by Gasteiger charge is 2.46. The summed E-state index contributed by atoms with van der Waals surface area (Å²) in [5, 5.41) is 11.6. The maximum Gasteiger partial charge on any atom is 0.295 e. The zero-order valence-electron chi connectivity index (χ0n) is 20.6. The van der Waals surface area contributed by atoms with Crippen molar-refractivity contribution in [2.75, 3.05) is 28.4 Å². The van der Waals surface area contributed by atoms with E-state index in [4.69, 9.17) is 30.5 Å². The topological polar surface area (TPSA) is 107 Å². The molecule has 9 nitrogen and oxygen atoms in total. The van der Waals surface area contributed by atoms with Crippen molar-refractivity contribution in [3.05, 3.63) is 82.1 Å². The number of hydrogen-bond donors (Lipinski definition) is 1. The number of hydrogen-bond acceptors (Lipinski definition) is 8. The van der Waals surface area contributed by atoms with Gasteiger partial charge in [0.2, 0.25) is 5.75 Å². The molecule has 3 aromatic rings. The predicted octanol–water partition coefficient (Wildman–Crippen LogP) is 4.39. The third kappa shape index (κ3) is 4.77. The lowest BCUT2D eigenvalue weighted by atomic mass is 9.94. The van der Waals surface area contributed by atoms with Gasteiger partial charge in [0.25, 0.3) is 11.7 Å². The summed E-state index contributed by atoms with van der Waals surface area (Å²) in [6.07, 6.45) is 3.19. The molecule has 1 aliphatic rings. The maximum absolute atomic E-state index is 13.4. The lowest BCUT2D eigenvalue weighted by Crippen LogP contribution is -2.29. The first-order valence-corrected chi connectivity index (χ1v) is 11.5. The van der Waals surface area contributed by atoms with Crippen LogP contribution >= 0.6 is 11.6 Å². The Kier molecular flexibility index (Phi) is 7.54. The molecule has 10 heteroatoms. The first kappa shape index (κ1) is 25.8. The molecule has 0 aliphatic carbocycles. The molecule has 0 saturated carbocycles. The van der Waals surface area contributed by atoms with Crippen molar-refractivity contribution < 1.29 is 33.6 Å². The second kappa shape index (κ2) is 10.8. The van der Waals surface area contributed by atoms with Crippen molar-refractivity contribution >= 4 is 29.1 Å². The quantitative estimate of drug-likeness (QED) is 0.262. The van der Waals surface area contributed by atoms with Crippen molar-refractivity contribution in [1.29, 1.82) is 0 Å². The molecule has 1 aromatic heterocycles. The fourth-order valence-corrected chi connectivity index (χ4v) is 4.56. The molecule has 192 valence electrons. The second-order valence-electron chi connectivity index (χ2n) is 8.09. The molecule has 1 unspecified atom stereocenters. The Morgan fingerprint density at radius 3 is 2.08 bits per heavy atom. The van der Waals surface area contributed by atoms with Gasteiger partial charge in [0.1, 0.15) is 11.5 Å². The van der Waals surface area contributed by atoms with E-state index in [9.17, 15) is 14.7 Å². The van der Waals surface area contributed by atoms with Crippen molar-refractivity contribution in [2.24, 2.45) is 0 Å². The van der Waals surface area contributed by atoms with E-state index in [1.165, 1.54) is 39.4 Å². The van der Waals surface area contributed by atoms with Crippen LogP contribution in [-0.2, 0) is 16.1 Å². The van der Waals surface area contributed by atoms with Gasteiger partial charge in [0, 0.05) is 24.5 Å². The minimum absolute atomic E-state index is 0.0918. The van der Waals surface area contributed by atoms with Gasteiger partial charge in [0.15, 0.2) is 11.5 Å². The van der Waals surface area contributed by atoms with Crippen molar-refractivity contribution in [3.63, 3.8) is 0 Å². The van der Waals surface area contributed by atoms with Gasteiger partial charge in [-0.2, -0.15) is 0 Å². The van der Waals surface area contributed by atoms with Gasteiger partial charge >= 0.3 is 0 Å². The number of ether oxygens (including phenoxy) is 4. The molecule has 1 N–H and O–H groups in total. The average Bonchev–Trinajstić information content (AvgIpc) is 3.17. The fourth-order valence-electron chi connectivity index (χ4n) is 4.30. The van der Waals surface area contributed by atoms with Gasteiger partial charge in [-0.25, -0.2) is 0 Å². The molecule has 2 heterocycles. The van der Waals surface area contributed by atoms with Crippen molar-refractivity contribution in [3.8, 4) is 23.0 Å². The number of aliphatic hydroxyl groups excluding tert-OH is 1. The molecule has 2 aromatic carbocycles. The largest absolute Gasteiger partial charge is 0.507 e. The molecule has 1 amide bonds. The van der Waals surface area contributed by atoms with E-state index in [0.29, 0.717) is 28.6 Å². The summed E-state index contributed by atoms with van der Waals surface area (Å²) in [5.41, 5.74) is 1.38. The van der Waals surface area contributed by atoms with Crippen LogP contribution in [0, 0.1) is 0 Å². The summed E-state index contributed by atoms with van der Waals surface area (Å²) in [4.78, 5) is 32.1. The van der Waals surface area contributed by atoms with Gasteiger partial charge in [-0.05, 0) is 53.6 Å². The highest BCUT2D eigenvalue weighted by molar-refractivity contribution is 6.46. The van der Waals surface area contributed by atoms with Crippen LogP contribution < -0.4 is 18.9 Å². The molecule has 1 saturated heterocycles. The van der Waals surface area contributed by atoms with Gasteiger partial charge in [0.05, 0.1) is 45.1 Å². The molecule has 1 aliphatic heterocycles. The molecular formula is C27H25ClN2O7. The number of benzene rings is 2. The number of amides is 1. The number of likely N-dealkylation sites (tertiary alicyclic amines) is 1. The summed E-state index contributed by atoms with van der Waals surface area (Å²) in [6.45, 7) is 0.0918. The number of nitrogens with zero attached hydrogens (tertiary/aromatic N) is 2. The summed E-state index contributed by atoms with van der Waals surface area (Å²) in [5.74, 6) is -0.565. The number of Topliss-reactive ketones (excluding diaryl/α,β-unsaturated/α-hetero) is 1. The Labute approximate surface area is 218 Å². The number of carbonyl (C=O) groups is 2. The van der Waals surface area contributed by atoms with Crippen LogP contribution in [0.5, 0.6) is 23.0 Å². The van der Waals surface area contributed by atoms with E-state index < -0.39 is 17.7 Å². The number of carbonyl (C=O) groups excluding carboxylic acids is 2. The second-order valence-corrected chi connectivity index (χ2v) is 8.50. The number of methoxy groups -OCH3 is 4. The first-order valence-electron chi connectivity index (χ1n) is 11.2. The first-order chi connectivity index (χ1) is 17.8. The SMILES string of the molecule is COc1ccc(/C(O)=C2\C(=O)C(=O)N(Cc3ccncc3)C2c2cc(OC)c(OC)c(OC)c2)cc1Cl. The zero-order chi connectivity index (χ0) is 26.7. The van der Waals surface area contributed by atoms with Crippen LogP contribution in [0.15, 0.2) is 60.4 Å². The van der Waals surface area contributed by atoms with E-state index in [1.54, 1.807) is 48.8 Å². The monoisotopic (exact) mass is 524 g/mol.